The summed E-state index contributed by atoms with van der Waals surface area (Å²) in [5, 5.41) is 8.91. The lowest BCUT2D eigenvalue weighted by atomic mass is 10.1. The summed E-state index contributed by atoms with van der Waals surface area (Å²) in [6.45, 7) is 0.0361. The van der Waals surface area contributed by atoms with E-state index >= 15 is 0 Å². The summed E-state index contributed by atoms with van der Waals surface area (Å²) < 4.78 is 26.2. The molecule has 0 spiro atoms. The van der Waals surface area contributed by atoms with Crippen LogP contribution in [0, 0.1) is 28.4 Å². The maximum absolute atomic E-state index is 13.4. The average Bonchev–Trinajstić information content (AvgIpc) is 3.12. The third kappa shape index (κ3) is 2.19. The highest BCUT2D eigenvalue weighted by atomic mass is 19.1. The van der Waals surface area contributed by atoms with E-state index in [1.165, 1.54) is 18.0 Å². The highest BCUT2D eigenvalue weighted by Gasteiger charge is 2.51. The van der Waals surface area contributed by atoms with Crippen molar-refractivity contribution in [3.8, 4) is 6.07 Å². The lowest BCUT2D eigenvalue weighted by molar-refractivity contribution is -0.134. The Morgan fingerprint density at radius 1 is 1.50 bits per heavy atom. The number of halogens is 2. The van der Waals surface area contributed by atoms with Gasteiger partial charge in [-0.25, -0.2) is 8.78 Å². The molecule has 0 aromatic heterocycles. The molecule has 1 amide bonds. The number of nitriles is 1. The van der Waals surface area contributed by atoms with E-state index in [1.54, 1.807) is 0 Å². The Balaban J connectivity index is 2.10. The molecule has 0 saturated heterocycles. The van der Waals surface area contributed by atoms with E-state index in [9.17, 15) is 13.6 Å². The Hall–Kier alpha value is -1.96. The van der Waals surface area contributed by atoms with Crippen molar-refractivity contribution in [3.05, 3.63) is 35.4 Å². The van der Waals surface area contributed by atoms with Gasteiger partial charge in [0, 0.05) is 25.2 Å². The third-order valence-corrected chi connectivity index (χ3v) is 3.14. The molecule has 0 bridgehead atoms. The molecule has 1 aliphatic carbocycles. The van der Waals surface area contributed by atoms with Crippen molar-refractivity contribution >= 4 is 5.91 Å². The first-order chi connectivity index (χ1) is 8.48. The van der Waals surface area contributed by atoms with Crippen LogP contribution in [0.4, 0.5) is 8.78 Å². The molecule has 1 aromatic rings. The highest BCUT2D eigenvalue weighted by molar-refractivity contribution is 5.88. The van der Waals surface area contributed by atoms with Gasteiger partial charge in [-0.3, -0.25) is 4.79 Å². The van der Waals surface area contributed by atoms with Crippen LogP contribution in [0.15, 0.2) is 18.2 Å². The molecule has 3 nitrogen and oxygen atoms in total. The molecule has 0 aliphatic heterocycles. The lowest BCUT2D eigenvalue weighted by Crippen LogP contribution is -2.33. The molecule has 1 saturated carbocycles. The number of carbonyl (C=O) groups is 1. The summed E-state index contributed by atoms with van der Waals surface area (Å²) in [6, 6.07) is 5.23. The molecule has 18 heavy (non-hydrogen) atoms. The Labute approximate surface area is 104 Å². The van der Waals surface area contributed by atoms with Crippen molar-refractivity contribution in [3.63, 3.8) is 0 Å². The third-order valence-electron chi connectivity index (χ3n) is 3.14. The van der Waals surface area contributed by atoms with Gasteiger partial charge in [0.2, 0.25) is 5.91 Å². The standard InChI is InChI=1S/C13H12F2N2O/c1-17(12(18)13(8-16)4-5-13)7-9-2-3-10(14)6-11(9)15/h2-3,6H,4-5,7H2,1H3. The Kier molecular flexibility index (Phi) is 3.04. The number of hydrogen-bond acceptors (Lipinski definition) is 2. The van der Waals surface area contributed by atoms with E-state index in [0.29, 0.717) is 12.8 Å². The zero-order valence-electron chi connectivity index (χ0n) is 9.91. The quantitative estimate of drug-likeness (QED) is 0.825. The molecule has 0 heterocycles. The topological polar surface area (TPSA) is 44.1 Å². The molecule has 1 fully saturated rings. The molecule has 0 unspecified atom stereocenters. The second-order valence-electron chi connectivity index (χ2n) is 4.59. The van der Waals surface area contributed by atoms with Crippen LogP contribution in [0.1, 0.15) is 18.4 Å². The lowest BCUT2D eigenvalue weighted by Gasteiger charge is -2.20. The predicted molar refractivity (Wildman–Crippen MR) is 60.1 cm³/mol. The number of amides is 1. The largest absolute Gasteiger partial charge is 0.340 e. The van der Waals surface area contributed by atoms with Crippen molar-refractivity contribution in [2.75, 3.05) is 7.05 Å². The van der Waals surface area contributed by atoms with E-state index < -0.39 is 17.0 Å². The molecule has 0 radical (unpaired) electrons. The van der Waals surface area contributed by atoms with Crippen molar-refractivity contribution in [1.82, 2.24) is 4.90 Å². The first-order valence-corrected chi connectivity index (χ1v) is 5.59. The molecule has 2 rings (SSSR count). The summed E-state index contributed by atoms with van der Waals surface area (Å²) in [4.78, 5) is 13.3. The van der Waals surface area contributed by atoms with Gasteiger partial charge in [0.15, 0.2) is 0 Å². The van der Waals surface area contributed by atoms with Crippen LogP contribution in [0.3, 0.4) is 0 Å². The molecule has 94 valence electrons. The van der Waals surface area contributed by atoms with Gasteiger partial charge >= 0.3 is 0 Å². The van der Waals surface area contributed by atoms with Crippen LogP contribution < -0.4 is 0 Å². The van der Waals surface area contributed by atoms with E-state index in [2.05, 4.69) is 0 Å². The van der Waals surface area contributed by atoms with Crippen LogP contribution >= 0.6 is 0 Å². The minimum Gasteiger partial charge on any atom is -0.340 e. The summed E-state index contributed by atoms with van der Waals surface area (Å²) in [5.41, 5.74) is -0.674. The minimum atomic E-state index is -0.911. The first-order valence-electron chi connectivity index (χ1n) is 5.59. The van der Waals surface area contributed by atoms with Gasteiger partial charge in [0.05, 0.1) is 6.07 Å². The van der Waals surface area contributed by atoms with E-state index in [-0.39, 0.29) is 18.0 Å². The predicted octanol–water partition coefficient (Wildman–Crippen LogP) is 2.23. The highest BCUT2D eigenvalue weighted by Crippen LogP contribution is 2.46. The number of benzene rings is 1. The molecule has 0 atom stereocenters. The second-order valence-corrected chi connectivity index (χ2v) is 4.59. The fraction of sp³-hybridized carbons (Fsp3) is 0.385. The normalized spacial score (nSPS) is 15.9. The monoisotopic (exact) mass is 250 g/mol. The van der Waals surface area contributed by atoms with Crippen molar-refractivity contribution < 1.29 is 13.6 Å². The van der Waals surface area contributed by atoms with Crippen LogP contribution in [0.2, 0.25) is 0 Å². The van der Waals surface area contributed by atoms with Crippen molar-refractivity contribution in [2.24, 2.45) is 5.41 Å². The second kappa shape index (κ2) is 4.37. The molecular weight excluding hydrogens is 238 g/mol. The van der Waals surface area contributed by atoms with Gasteiger partial charge in [-0.05, 0) is 18.9 Å². The summed E-state index contributed by atoms with van der Waals surface area (Å²) >= 11 is 0. The van der Waals surface area contributed by atoms with E-state index in [4.69, 9.17) is 5.26 Å². The van der Waals surface area contributed by atoms with Gasteiger partial charge in [-0.2, -0.15) is 5.26 Å². The van der Waals surface area contributed by atoms with Gasteiger partial charge in [0.1, 0.15) is 17.0 Å². The van der Waals surface area contributed by atoms with Gasteiger partial charge in [-0.1, -0.05) is 6.07 Å². The maximum atomic E-state index is 13.4. The summed E-state index contributed by atoms with van der Waals surface area (Å²) in [7, 11) is 1.52. The molecule has 1 aliphatic rings. The van der Waals surface area contributed by atoms with Crippen molar-refractivity contribution in [1.29, 1.82) is 5.26 Å². The minimum absolute atomic E-state index is 0.0361. The number of hydrogen-bond donors (Lipinski definition) is 0. The van der Waals surface area contributed by atoms with Gasteiger partial charge in [-0.15, -0.1) is 0 Å². The number of carbonyl (C=O) groups excluding carboxylic acids is 1. The summed E-state index contributed by atoms with van der Waals surface area (Å²) in [6.07, 6.45) is 1.11. The average molecular weight is 250 g/mol. The zero-order valence-corrected chi connectivity index (χ0v) is 9.91. The van der Waals surface area contributed by atoms with Crippen molar-refractivity contribution in [2.45, 2.75) is 19.4 Å². The first kappa shape index (κ1) is 12.5. The Morgan fingerprint density at radius 3 is 2.67 bits per heavy atom. The van der Waals surface area contributed by atoms with Gasteiger partial charge in [0.25, 0.3) is 0 Å². The Bertz CT molecular complexity index is 532. The number of rotatable bonds is 3. The van der Waals surface area contributed by atoms with Gasteiger partial charge < -0.3 is 4.90 Å². The van der Waals surface area contributed by atoms with Crippen LogP contribution in [0.25, 0.3) is 0 Å². The SMILES string of the molecule is CN(Cc1ccc(F)cc1F)C(=O)C1(C#N)CC1. The molecule has 0 N–H and O–H groups in total. The molecular formula is C13H12F2N2O. The van der Waals surface area contributed by atoms with Crippen LogP contribution in [-0.2, 0) is 11.3 Å². The molecule has 1 aromatic carbocycles. The van der Waals surface area contributed by atoms with Crippen LogP contribution in [0.5, 0.6) is 0 Å². The molecule has 5 heteroatoms. The zero-order chi connectivity index (χ0) is 13.3. The van der Waals surface area contributed by atoms with E-state index in [1.807, 2.05) is 6.07 Å². The maximum Gasteiger partial charge on any atom is 0.243 e. The fourth-order valence-corrected chi connectivity index (χ4v) is 1.84. The Morgan fingerprint density at radius 2 is 2.17 bits per heavy atom. The van der Waals surface area contributed by atoms with E-state index in [0.717, 1.165) is 12.1 Å². The number of nitrogens with zero attached hydrogens (tertiary/aromatic N) is 2. The fourth-order valence-electron chi connectivity index (χ4n) is 1.84. The smallest absolute Gasteiger partial charge is 0.243 e. The summed E-state index contributed by atoms with van der Waals surface area (Å²) in [5.74, 6) is -1.63. The van der Waals surface area contributed by atoms with Crippen LogP contribution in [-0.4, -0.2) is 17.9 Å².